The van der Waals surface area contributed by atoms with Crippen LogP contribution in [0.1, 0.15) is 17.7 Å². The maximum Gasteiger partial charge on any atom is 0.240 e. The standard InChI is InChI=1S/C30H29F2N5O3S/c1-36-12-14-37(15-13-36)18-22-17-24-27(41-22)26(8-11-33-24)40-25-7-6-21(16-23(25)32)35-29(39)30(9-10-30)28(38)34-20-4-2-19(31)3-5-20/h2-8,11,16-17H,9-10,12-15,18H2,1H3,(H,34,38)(H,35,39). The number of nitrogens with zero attached hydrogens (tertiary/aromatic N) is 3. The molecule has 3 heterocycles. The van der Waals surface area contributed by atoms with Crippen molar-refractivity contribution in [2.75, 3.05) is 43.9 Å². The Morgan fingerprint density at radius 1 is 0.927 bits per heavy atom. The lowest BCUT2D eigenvalue weighted by Crippen LogP contribution is -2.43. The number of benzene rings is 2. The predicted octanol–water partition coefficient (Wildman–Crippen LogP) is 5.47. The molecule has 1 saturated heterocycles. The summed E-state index contributed by atoms with van der Waals surface area (Å²) in [5.41, 5.74) is 0.162. The molecule has 1 saturated carbocycles. The number of anilines is 2. The van der Waals surface area contributed by atoms with Gasteiger partial charge in [0.15, 0.2) is 11.6 Å². The van der Waals surface area contributed by atoms with Gasteiger partial charge in [0.1, 0.15) is 17.0 Å². The van der Waals surface area contributed by atoms with E-state index in [1.54, 1.807) is 23.6 Å². The molecule has 2 amide bonds. The van der Waals surface area contributed by atoms with Crippen molar-refractivity contribution in [3.8, 4) is 11.5 Å². The average Bonchev–Trinajstić information content (AvgIpc) is 3.67. The van der Waals surface area contributed by atoms with E-state index in [4.69, 9.17) is 4.74 Å². The highest BCUT2D eigenvalue weighted by molar-refractivity contribution is 7.19. The van der Waals surface area contributed by atoms with Crippen molar-refractivity contribution in [1.82, 2.24) is 14.8 Å². The van der Waals surface area contributed by atoms with Gasteiger partial charge in [0.2, 0.25) is 11.8 Å². The normalized spacial score (nSPS) is 16.9. The summed E-state index contributed by atoms with van der Waals surface area (Å²) in [6, 6.07) is 13.2. The molecule has 0 atom stereocenters. The van der Waals surface area contributed by atoms with Crippen LogP contribution in [0.5, 0.6) is 11.5 Å². The molecule has 0 spiro atoms. The van der Waals surface area contributed by atoms with E-state index in [0.29, 0.717) is 24.3 Å². The Balaban J connectivity index is 1.12. The Kier molecular flexibility index (Phi) is 7.41. The number of pyridine rings is 1. The van der Waals surface area contributed by atoms with Crippen LogP contribution in [0, 0.1) is 17.0 Å². The molecule has 1 aliphatic carbocycles. The van der Waals surface area contributed by atoms with Gasteiger partial charge >= 0.3 is 0 Å². The van der Waals surface area contributed by atoms with Crippen LogP contribution in [0.4, 0.5) is 20.2 Å². The van der Waals surface area contributed by atoms with Gasteiger partial charge in [0.05, 0.1) is 10.2 Å². The van der Waals surface area contributed by atoms with Crippen LogP contribution < -0.4 is 15.4 Å². The summed E-state index contributed by atoms with van der Waals surface area (Å²) in [6.07, 6.45) is 2.37. The third kappa shape index (κ3) is 5.92. The first-order valence-electron chi connectivity index (χ1n) is 13.4. The Labute approximate surface area is 239 Å². The number of hydrogen-bond acceptors (Lipinski definition) is 7. The number of thiophene rings is 1. The van der Waals surface area contributed by atoms with Crippen molar-refractivity contribution < 1.29 is 23.1 Å². The fourth-order valence-corrected chi connectivity index (χ4v) is 5.95. The first-order chi connectivity index (χ1) is 19.8. The molecule has 2 aromatic heterocycles. The second-order valence-corrected chi connectivity index (χ2v) is 11.7. The van der Waals surface area contributed by atoms with Gasteiger partial charge in [-0.25, -0.2) is 8.78 Å². The lowest BCUT2D eigenvalue weighted by atomic mass is 10.0. The molecule has 4 aromatic rings. The van der Waals surface area contributed by atoms with E-state index in [9.17, 15) is 14.0 Å². The number of piperazine rings is 1. The highest BCUT2D eigenvalue weighted by Gasteiger charge is 2.56. The molecule has 11 heteroatoms. The smallest absolute Gasteiger partial charge is 0.240 e. The van der Waals surface area contributed by atoms with E-state index in [-0.39, 0.29) is 11.4 Å². The fourth-order valence-electron chi connectivity index (χ4n) is 4.85. The highest BCUT2D eigenvalue weighted by Crippen LogP contribution is 2.47. The number of rotatable bonds is 8. The first kappa shape index (κ1) is 27.3. The van der Waals surface area contributed by atoms with Crippen molar-refractivity contribution in [3.05, 3.63) is 77.3 Å². The molecule has 0 bridgehead atoms. The fraction of sp³-hybridized carbons (Fsp3) is 0.300. The number of carbonyl (C=O) groups excluding carboxylic acids is 2. The Morgan fingerprint density at radius 3 is 2.29 bits per heavy atom. The summed E-state index contributed by atoms with van der Waals surface area (Å²) in [5, 5.41) is 5.31. The van der Waals surface area contributed by atoms with E-state index >= 15 is 4.39 Å². The van der Waals surface area contributed by atoms with Crippen molar-refractivity contribution in [3.63, 3.8) is 0 Å². The van der Waals surface area contributed by atoms with Crippen LogP contribution in [0.25, 0.3) is 10.2 Å². The minimum absolute atomic E-state index is 0.0136. The number of fused-ring (bicyclic) bond motifs is 1. The van der Waals surface area contributed by atoms with Gasteiger partial charge in [-0.3, -0.25) is 19.5 Å². The minimum Gasteiger partial charge on any atom is -0.453 e. The zero-order valence-electron chi connectivity index (χ0n) is 22.5. The third-order valence-corrected chi connectivity index (χ3v) is 8.66. The zero-order valence-corrected chi connectivity index (χ0v) is 23.3. The molecule has 2 aromatic carbocycles. The zero-order chi connectivity index (χ0) is 28.6. The van der Waals surface area contributed by atoms with E-state index in [1.807, 2.05) is 0 Å². The third-order valence-electron chi connectivity index (χ3n) is 7.53. The second kappa shape index (κ2) is 11.2. The minimum atomic E-state index is -1.25. The molecule has 2 fully saturated rings. The molecule has 8 nitrogen and oxygen atoms in total. The molecule has 2 aliphatic rings. The number of carbonyl (C=O) groups is 2. The molecule has 212 valence electrons. The summed E-state index contributed by atoms with van der Waals surface area (Å²) in [6.45, 7) is 4.93. The first-order valence-corrected chi connectivity index (χ1v) is 14.2. The van der Waals surface area contributed by atoms with Crippen LogP contribution in [-0.4, -0.2) is 59.8 Å². The maximum atomic E-state index is 15.1. The number of hydrogen-bond donors (Lipinski definition) is 2. The van der Waals surface area contributed by atoms with Crippen molar-refractivity contribution >= 4 is 44.7 Å². The summed E-state index contributed by atoms with van der Waals surface area (Å²) < 4.78 is 35.1. The van der Waals surface area contributed by atoms with E-state index in [0.717, 1.165) is 42.9 Å². The van der Waals surface area contributed by atoms with Crippen LogP contribution in [-0.2, 0) is 16.1 Å². The van der Waals surface area contributed by atoms with E-state index in [2.05, 4.69) is 38.5 Å². The largest absolute Gasteiger partial charge is 0.453 e. The summed E-state index contributed by atoms with van der Waals surface area (Å²) in [7, 11) is 2.13. The number of ether oxygens (including phenoxy) is 1. The lowest BCUT2D eigenvalue weighted by Gasteiger charge is -2.31. The Morgan fingerprint density at radius 2 is 1.61 bits per heavy atom. The van der Waals surface area contributed by atoms with Crippen LogP contribution in [0.15, 0.2) is 60.8 Å². The molecule has 41 heavy (non-hydrogen) atoms. The van der Waals surface area contributed by atoms with Gasteiger partial charge < -0.3 is 20.3 Å². The number of nitrogens with one attached hydrogen (secondary N) is 2. The van der Waals surface area contributed by atoms with Crippen LogP contribution in [0.2, 0.25) is 0 Å². The maximum absolute atomic E-state index is 15.1. The van der Waals surface area contributed by atoms with Gasteiger partial charge in [-0.15, -0.1) is 11.3 Å². The van der Waals surface area contributed by atoms with Crippen LogP contribution >= 0.6 is 11.3 Å². The molecular weight excluding hydrogens is 548 g/mol. The Hall–Kier alpha value is -3.93. The average molecular weight is 578 g/mol. The molecule has 2 N–H and O–H groups in total. The van der Waals surface area contributed by atoms with E-state index in [1.165, 1.54) is 47.3 Å². The second-order valence-electron chi connectivity index (χ2n) is 10.6. The van der Waals surface area contributed by atoms with Gasteiger partial charge in [-0.2, -0.15) is 0 Å². The van der Waals surface area contributed by atoms with Crippen molar-refractivity contribution in [1.29, 1.82) is 0 Å². The quantitative estimate of drug-likeness (QED) is 0.270. The predicted molar refractivity (Wildman–Crippen MR) is 154 cm³/mol. The topological polar surface area (TPSA) is 86.8 Å². The van der Waals surface area contributed by atoms with Gasteiger partial charge in [-0.1, -0.05) is 0 Å². The van der Waals surface area contributed by atoms with Gasteiger partial charge in [0, 0.05) is 67.3 Å². The molecule has 0 radical (unpaired) electrons. The Bertz CT molecular complexity index is 1600. The number of likely N-dealkylation sites (N-methyl/N-ethyl adjacent to an activating group) is 1. The van der Waals surface area contributed by atoms with Crippen molar-refractivity contribution in [2.45, 2.75) is 19.4 Å². The molecular formula is C30H29F2N5O3S. The number of aromatic nitrogens is 1. The number of amides is 2. The van der Waals surface area contributed by atoms with Crippen molar-refractivity contribution in [2.24, 2.45) is 5.41 Å². The van der Waals surface area contributed by atoms with Gasteiger partial charge in [-0.05, 0) is 62.4 Å². The molecule has 0 unspecified atom stereocenters. The lowest BCUT2D eigenvalue weighted by molar-refractivity contribution is -0.131. The SMILES string of the molecule is CN1CCN(Cc2cc3nccc(Oc4ccc(NC(=O)C5(C(=O)Nc6ccc(F)cc6)CC5)cc4F)c3s2)CC1. The summed E-state index contributed by atoms with van der Waals surface area (Å²) in [5.74, 6) is -1.55. The summed E-state index contributed by atoms with van der Waals surface area (Å²) in [4.78, 5) is 36.1. The highest BCUT2D eigenvalue weighted by atomic mass is 32.1. The summed E-state index contributed by atoms with van der Waals surface area (Å²) >= 11 is 1.59. The van der Waals surface area contributed by atoms with E-state index < -0.39 is 28.9 Å². The number of halogens is 2. The molecule has 6 rings (SSSR count). The molecule has 1 aliphatic heterocycles. The van der Waals surface area contributed by atoms with Gasteiger partial charge in [0.25, 0.3) is 0 Å². The van der Waals surface area contributed by atoms with Crippen LogP contribution in [0.3, 0.4) is 0 Å². The monoisotopic (exact) mass is 577 g/mol.